The third-order valence-electron chi connectivity index (χ3n) is 4.03. The van der Waals surface area contributed by atoms with Gasteiger partial charge >= 0.3 is 0 Å². The summed E-state index contributed by atoms with van der Waals surface area (Å²) in [6.45, 7) is 7.20. The van der Waals surface area contributed by atoms with Crippen LogP contribution in [0.5, 0.6) is 0 Å². The van der Waals surface area contributed by atoms with Gasteiger partial charge in [0.2, 0.25) is 5.91 Å². The predicted octanol–water partition coefficient (Wildman–Crippen LogP) is 1.00. The quantitative estimate of drug-likeness (QED) is 0.785. The van der Waals surface area contributed by atoms with Crippen LogP contribution in [0.1, 0.15) is 38.6 Å². The number of likely N-dealkylation sites (N-methyl/N-ethyl adjacent to an activating group) is 1. The van der Waals surface area contributed by atoms with Gasteiger partial charge in [-0.15, -0.1) is 24.8 Å². The van der Waals surface area contributed by atoms with E-state index in [9.17, 15) is 4.79 Å². The summed E-state index contributed by atoms with van der Waals surface area (Å²) in [6.07, 6.45) is 3.73. The number of nitrogens with one attached hydrogen (secondary N) is 2. The molecule has 0 saturated carbocycles. The van der Waals surface area contributed by atoms with Gasteiger partial charge in [0.05, 0.1) is 12.6 Å². The minimum Gasteiger partial charge on any atom is -0.345 e. The number of piperidine rings is 1. The fourth-order valence-electron chi connectivity index (χ4n) is 2.81. The van der Waals surface area contributed by atoms with Gasteiger partial charge in [-0.1, -0.05) is 0 Å². The van der Waals surface area contributed by atoms with Crippen LogP contribution in [0.2, 0.25) is 0 Å². The van der Waals surface area contributed by atoms with Crippen LogP contribution < -0.4 is 10.6 Å². The number of carbonyl (C=O) groups is 1. The van der Waals surface area contributed by atoms with Crippen LogP contribution >= 0.6 is 24.8 Å². The molecule has 1 amide bonds. The van der Waals surface area contributed by atoms with Gasteiger partial charge in [0.15, 0.2) is 0 Å². The molecule has 9 heteroatoms. The Morgan fingerprint density at radius 2 is 2.13 bits per heavy atom. The van der Waals surface area contributed by atoms with Crippen LogP contribution in [0.4, 0.5) is 0 Å². The summed E-state index contributed by atoms with van der Waals surface area (Å²) in [6, 6.07) is 0.368. The average molecular weight is 367 g/mol. The Balaban J connectivity index is 0.00000242. The van der Waals surface area contributed by atoms with Crippen molar-refractivity contribution in [1.82, 2.24) is 30.3 Å². The van der Waals surface area contributed by atoms with Crippen molar-refractivity contribution in [2.75, 3.05) is 26.7 Å². The van der Waals surface area contributed by atoms with E-state index in [1.165, 1.54) is 6.33 Å². The number of aryl methyl sites for hydroxylation is 1. The van der Waals surface area contributed by atoms with Crippen LogP contribution in [0, 0.1) is 0 Å². The summed E-state index contributed by atoms with van der Waals surface area (Å²) >= 11 is 0. The fraction of sp³-hybridized carbons (Fsp3) is 0.786. The SMILES string of the molecule is CCn1ncnc1C(C)NC(=O)CN(C)C1CCNCC1.Cl.Cl. The Kier molecular flexibility index (Phi) is 10.4. The number of nitrogens with zero attached hydrogens (tertiary/aromatic N) is 4. The maximum absolute atomic E-state index is 12.2. The van der Waals surface area contributed by atoms with Gasteiger partial charge in [0, 0.05) is 12.6 Å². The molecule has 23 heavy (non-hydrogen) atoms. The fourth-order valence-corrected chi connectivity index (χ4v) is 2.81. The molecule has 0 radical (unpaired) electrons. The van der Waals surface area contributed by atoms with E-state index in [1.807, 2.05) is 25.6 Å². The molecule has 1 aromatic heterocycles. The van der Waals surface area contributed by atoms with Gasteiger partial charge in [0.1, 0.15) is 12.2 Å². The molecule has 2 rings (SSSR count). The highest BCUT2D eigenvalue weighted by molar-refractivity contribution is 5.85. The van der Waals surface area contributed by atoms with E-state index >= 15 is 0 Å². The number of amides is 1. The molecule has 0 spiro atoms. The highest BCUT2D eigenvalue weighted by atomic mass is 35.5. The van der Waals surface area contributed by atoms with E-state index in [0.29, 0.717) is 12.6 Å². The molecule has 0 aliphatic carbocycles. The van der Waals surface area contributed by atoms with Crippen LogP contribution in [0.25, 0.3) is 0 Å². The number of halogens is 2. The molecule has 2 heterocycles. The molecule has 2 N–H and O–H groups in total. The monoisotopic (exact) mass is 366 g/mol. The van der Waals surface area contributed by atoms with Gasteiger partial charge in [-0.05, 0) is 46.8 Å². The van der Waals surface area contributed by atoms with Crippen molar-refractivity contribution in [3.05, 3.63) is 12.2 Å². The van der Waals surface area contributed by atoms with Crippen molar-refractivity contribution in [3.8, 4) is 0 Å². The molecule has 1 aliphatic heterocycles. The lowest BCUT2D eigenvalue weighted by molar-refractivity contribution is -0.123. The van der Waals surface area contributed by atoms with Crippen molar-refractivity contribution in [3.63, 3.8) is 0 Å². The number of hydrogen-bond acceptors (Lipinski definition) is 5. The minimum absolute atomic E-state index is 0. The van der Waals surface area contributed by atoms with Gasteiger partial charge in [-0.2, -0.15) is 5.10 Å². The molecule has 134 valence electrons. The average Bonchev–Trinajstić information content (AvgIpc) is 2.96. The van der Waals surface area contributed by atoms with Crippen molar-refractivity contribution in [2.24, 2.45) is 0 Å². The first-order chi connectivity index (χ1) is 10.1. The van der Waals surface area contributed by atoms with E-state index in [2.05, 4.69) is 25.6 Å². The lowest BCUT2D eigenvalue weighted by Gasteiger charge is -2.31. The summed E-state index contributed by atoms with van der Waals surface area (Å²) in [5.41, 5.74) is 0. The molecule has 1 saturated heterocycles. The molecule has 1 aliphatic rings. The summed E-state index contributed by atoms with van der Waals surface area (Å²) < 4.78 is 1.81. The Morgan fingerprint density at radius 1 is 1.48 bits per heavy atom. The Bertz CT molecular complexity index is 464. The molecular weight excluding hydrogens is 339 g/mol. The van der Waals surface area contributed by atoms with E-state index in [-0.39, 0.29) is 36.8 Å². The third-order valence-corrected chi connectivity index (χ3v) is 4.03. The zero-order valence-electron chi connectivity index (χ0n) is 14.0. The second-order valence-corrected chi connectivity index (χ2v) is 5.62. The number of hydrogen-bond donors (Lipinski definition) is 2. The molecule has 1 atom stereocenters. The third kappa shape index (κ3) is 6.25. The minimum atomic E-state index is -0.124. The number of carbonyl (C=O) groups excluding carboxylic acids is 1. The maximum Gasteiger partial charge on any atom is 0.234 e. The zero-order valence-corrected chi connectivity index (χ0v) is 15.6. The second-order valence-electron chi connectivity index (χ2n) is 5.62. The van der Waals surface area contributed by atoms with Crippen molar-refractivity contribution in [2.45, 2.75) is 45.3 Å². The largest absolute Gasteiger partial charge is 0.345 e. The topological polar surface area (TPSA) is 75.1 Å². The highest BCUT2D eigenvalue weighted by Crippen LogP contribution is 2.11. The molecule has 0 aromatic carbocycles. The Hall–Kier alpha value is -0.890. The molecular formula is C14H28Cl2N6O. The smallest absolute Gasteiger partial charge is 0.234 e. The Labute approximate surface area is 150 Å². The lowest BCUT2D eigenvalue weighted by atomic mass is 10.1. The van der Waals surface area contributed by atoms with Crippen molar-refractivity contribution < 1.29 is 4.79 Å². The van der Waals surface area contributed by atoms with Crippen LogP contribution in [0.15, 0.2) is 6.33 Å². The van der Waals surface area contributed by atoms with Gasteiger partial charge in [-0.3, -0.25) is 9.69 Å². The summed E-state index contributed by atoms with van der Waals surface area (Å²) in [7, 11) is 2.02. The van der Waals surface area contributed by atoms with E-state index < -0.39 is 0 Å². The lowest BCUT2D eigenvalue weighted by Crippen LogP contribution is -2.45. The van der Waals surface area contributed by atoms with E-state index in [0.717, 1.165) is 38.3 Å². The van der Waals surface area contributed by atoms with E-state index in [1.54, 1.807) is 0 Å². The van der Waals surface area contributed by atoms with Crippen LogP contribution in [0.3, 0.4) is 0 Å². The number of rotatable bonds is 6. The zero-order chi connectivity index (χ0) is 15.2. The van der Waals surface area contributed by atoms with Gasteiger partial charge in [-0.25, -0.2) is 9.67 Å². The summed E-state index contributed by atoms with van der Waals surface area (Å²) in [5, 5.41) is 10.5. The van der Waals surface area contributed by atoms with E-state index in [4.69, 9.17) is 0 Å². The molecule has 7 nitrogen and oxygen atoms in total. The molecule has 1 unspecified atom stereocenters. The number of aromatic nitrogens is 3. The van der Waals surface area contributed by atoms with Crippen LogP contribution in [-0.4, -0.2) is 58.3 Å². The first-order valence-electron chi connectivity index (χ1n) is 7.69. The first kappa shape index (κ1) is 22.1. The van der Waals surface area contributed by atoms with Gasteiger partial charge < -0.3 is 10.6 Å². The predicted molar refractivity (Wildman–Crippen MR) is 95.3 cm³/mol. The first-order valence-corrected chi connectivity index (χ1v) is 7.69. The van der Waals surface area contributed by atoms with Crippen molar-refractivity contribution in [1.29, 1.82) is 0 Å². The molecule has 1 fully saturated rings. The van der Waals surface area contributed by atoms with Crippen molar-refractivity contribution >= 4 is 30.7 Å². The second kappa shape index (κ2) is 10.8. The normalized spacial score (nSPS) is 16.3. The Morgan fingerprint density at radius 3 is 2.74 bits per heavy atom. The highest BCUT2D eigenvalue weighted by Gasteiger charge is 2.21. The summed E-state index contributed by atoms with van der Waals surface area (Å²) in [5.74, 6) is 0.838. The standard InChI is InChI=1S/C14H26N6O.2ClH/c1-4-20-14(16-10-17-20)11(2)18-13(21)9-19(3)12-5-7-15-8-6-12;;/h10-12,15H,4-9H2,1-3H3,(H,18,21);2*1H. The molecule has 0 bridgehead atoms. The van der Waals surface area contributed by atoms with Crippen LogP contribution in [-0.2, 0) is 11.3 Å². The van der Waals surface area contributed by atoms with Gasteiger partial charge in [0.25, 0.3) is 0 Å². The molecule has 1 aromatic rings. The maximum atomic E-state index is 12.2. The summed E-state index contributed by atoms with van der Waals surface area (Å²) in [4.78, 5) is 18.5.